The summed E-state index contributed by atoms with van der Waals surface area (Å²) in [5, 5.41) is 9.53. The average Bonchev–Trinajstić information content (AvgIpc) is 4.07. The Labute approximate surface area is 385 Å². The second kappa shape index (κ2) is 14.4. The standard InChI is InChI=1S/C63H39NOS/c1-3-19-43(20-4-1)63(44-21-5-2-6-22-44)54-29-13-11-26-48(54)49-36-35-42(39-55(49)63)45-23-12-14-30-56(45)64(57-31-15-27-50-51-37-33-40-17-7-9-24-46(40)59(51)65-60(50)57)58-32-16-28-52-53-38-34-41-18-8-10-25-47(41)61(53)66-62(52)58/h1-39H. The van der Waals surface area contributed by atoms with Crippen LogP contribution in [0.4, 0.5) is 17.1 Å². The summed E-state index contributed by atoms with van der Waals surface area (Å²) < 4.78 is 9.71. The molecule has 0 unspecified atom stereocenters. The largest absolute Gasteiger partial charge is 0.453 e. The number of hydrogen-bond donors (Lipinski definition) is 0. The van der Waals surface area contributed by atoms with Crippen LogP contribution in [0.2, 0.25) is 0 Å². The van der Waals surface area contributed by atoms with Crippen molar-refractivity contribution >= 4 is 92.1 Å². The molecule has 0 fully saturated rings. The van der Waals surface area contributed by atoms with Crippen molar-refractivity contribution in [2.75, 3.05) is 4.90 Å². The summed E-state index contributed by atoms with van der Waals surface area (Å²) in [7, 11) is 0. The first kappa shape index (κ1) is 37.2. The lowest BCUT2D eigenvalue weighted by Crippen LogP contribution is -2.28. The topological polar surface area (TPSA) is 16.4 Å². The number of rotatable bonds is 6. The molecule has 0 atom stereocenters. The lowest BCUT2D eigenvalue weighted by molar-refractivity contribution is 0.673. The van der Waals surface area contributed by atoms with Crippen molar-refractivity contribution in [2.45, 2.75) is 5.41 Å². The third-order valence-electron chi connectivity index (χ3n) is 14.1. The Morgan fingerprint density at radius 1 is 0.333 bits per heavy atom. The van der Waals surface area contributed by atoms with Crippen molar-refractivity contribution in [2.24, 2.45) is 0 Å². The Bertz CT molecular complexity index is 3880. The highest BCUT2D eigenvalue weighted by Crippen LogP contribution is 2.58. The highest BCUT2D eigenvalue weighted by Gasteiger charge is 2.46. The number of furan rings is 1. The molecule has 14 rings (SSSR count). The van der Waals surface area contributed by atoms with Gasteiger partial charge in [0.05, 0.1) is 27.2 Å². The lowest BCUT2D eigenvalue weighted by Gasteiger charge is -2.34. The zero-order chi connectivity index (χ0) is 43.3. The van der Waals surface area contributed by atoms with Crippen LogP contribution in [0.25, 0.3) is 85.9 Å². The summed E-state index contributed by atoms with van der Waals surface area (Å²) in [5.74, 6) is 0. The fourth-order valence-corrected chi connectivity index (χ4v) is 12.6. The summed E-state index contributed by atoms with van der Waals surface area (Å²) in [5.41, 5.74) is 14.3. The maximum absolute atomic E-state index is 7.18. The quantitative estimate of drug-likeness (QED) is 0.166. The van der Waals surface area contributed by atoms with Gasteiger partial charge in [0.2, 0.25) is 0 Å². The second-order valence-corrected chi connectivity index (χ2v) is 18.5. The van der Waals surface area contributed by atoms with Gasteiger partial charge in [0.1, 0.15) is 5.58 Å². The Hall–Kier alpha value is -8.24. The minimum atomic E-state index is -0.521. The van der Waals surface area contributed by atoms with Crippen LogP contribution in [0.3, 0.4) is 0 Å². The van der Waals surface area contributed by atoms with Gasteiger partial charge in [0.15, 0.2) is 5.58 Å². The van der Waals surface area contributed by atoms with Crippen molar-refractivity contribution in [1.29, 1.82) is 0 Å². The summed E-state index contributed by atoms with van der Waals surface area (Å²) in [6.45, 7) is 0. The van der Waals surface area contributed by atoms with E-state index < -0.39 is 5.41 Å². The number of fused-ring (bicyclic) bond motifs is 13. The molecule has 66 heavy (non-hydrogen) atoms. The third kappa shape index (κ3) is 5.23. The molecule has 11 aromatic carbocycles. The summed E-state index contributed by atoms with van der Waals surface area (Å²) in [6, 6.07) is 87.0. The smallest absolute Gasteiger partial charge is 0.159 e. The van der Waals surface area contributed by atoms with Crippen molar-refractivity contribution in [3.05, 3.63) is 259 Å². The Kier molecular flexibility index (Phi) is 8.10. The van der Waals surface area contributed by atoms with Crippen LogP contribution in [0.15, 0.2) is 241 Å². The summed E-state index contributed by atoms with van der Waals surface area (Å²) in [6.07, 6.45) is 0. The zero-order valence-electron chi connectivity index (χ0n) is 35.8. The van der Waals surface area contributed by atoms with E-state index in [2.05, 4.69) is 241 Å². The van der Waals surface area contributed by atoms with Crippen LogP contribution in [-0.2, 0) is 5.41 Å². The predicted octanol–water partition coefficient (Wildman–Crippen LogP) is 17.8. The van der Waals surface area contributed by atoms with Gasteiger partial charge in [-0.2, -0.15) is 0 Å². The van der Waals surface area contributed by atoms with E-state index in [1.807, 2.05) is 11.3 Å². The highest BCUT2D eigenvalue weighted by atomic mass is 32.1. The van der Waals surface area contributed by atoms with Gasteiger partial charge in [-0.25, -0.2) is 0 Å². The summed E-state index contributed by atoms with van der Waals surface area (Å²) in [4.78, 5) is 2.48. The molecule has 13 aromatic rings. The van der Waals surface area contributed by atoms with E-state index in [1.54, 1.807) is 0 Å². The minimum Gasteiger partial charge on any atom is -0.453 e. The van der Waals surface area contributed by atoms with Gasteiger partial charge in [-0.1, -0.05) is 206 Å². The van der Waals surface area contributed by atoms with Gasteiger partial charge >= 0.3 is 0 Å². The number of nitrogens with zero attached hydrogens (tertiary/aromatic N) is 1. The van der Waals surface area contributed by atoms with Crippen molar-refractivity contribution in [3.63, 3.8) is 0 Å². The van der Waals surface area contributed by atoms with Gasteiger partial charge in [-0.15, -0.1) is 11.3 Å². The first-order valence-corrected chi connectivity index (χ1v) is 23.5. The maximum Gasteiger partial charge on any atom is 0.159 e. The van der Waals surface area contributed by atoms with Gasteiger partial charge < -0.3 is 9.32 Å². The molecule has 0 radical (unpaired) electrons. The first-order chi connectivity index (χ1) is 32.8. The van der Waals surface area contributed by atoms with Crippen molar-refractivity contribution in [1.82, 2.24) is 0 Å². The van der Waals surface area contributed by atoms with E-state index >= 15 is 0 Å². The molecule has 1 aliphatic carbocycles. The van der Waals surface area contributed by atoms with E-state index in [4.69, 9.17) is 4.42 Å². The Balaban J connectivity index is 1.06. The molecule has 3 heteroatoms. The number of para-hydroxylation sites is 2. The van der Waals surface area contributed by atoms with E-state index in [9.17, 15) is 0 Å². The Morgan fingerprint density at radius 3 is 1.67 bits per heavy atom. The van der Waals surface area contributed by atoms with Crippen LogP contribution in [0.5, 0.6) is 0 Å². The SMILES string of the molecule is c1ccc(C2(c3ccccc3)c3ccccc3-c3ccc(-c4ccccc4N(c4cccc5c4oc4c6ccccc6ccc54)c4cccc5c4sc4c6ccccc6ccc54)cc32)cc1. The summed E-state index contributed by atoms with van der Waals surface area (Å²) >= 11 is 1.88. The predicted molar refractivity (Wildman–Crippen MR) is 279 cm³/mol. The number of benzene rings is 11. The minimum absolute atomic E-state index is 0.521. The number of anilines is 3. The monoisotopic (exact) mass is 857 g/mol. The average molecular weight is 858 g/mol. The Morgan fingerprint density at radius 2 is 0.879 bits per heavy atom. The van der Waals surface area contributed by atoms with Crippen molar-refractivity contribution < 1.29 is 4.42 Å². The fourth-order valence-electron chi connectivity index (χ4n) is 11.3. The van der Waals surface area contributed by atoms with Crippen LogP contribution >= 0.6 is 11.3 Å². The zero-order valence-corrected chi connectivity index (χ0v) is 36.6. The van der Waals surface area contributed by atoms with Gasteiger partial charge in [-0.3, -0.25) is 0 Å². The molecule has 0 spiro atoms. The number of hydrogen-bond acceptors (Lipinski definition) is 3. The number of thiophene rings is 1. The van der Waals surface area contributed by atoms with Crippen LogP contribution < -0.4 is 4.90 Å². The van der Waals surface area contributed by atoms with Gasteiger partial charge in [-0.05, 0) is 85.4 Å². The first-order valence-electron chi connectivity index (χ1n) is 22.7. The van der Waals surface area contributed by atoms with Gasteiger partial charge in [0.25, 0.3) is 0 Å². The third-order valence-corrected chi connectivity index (χ3v) is 15.4. The maximum atomic E-state index is 7.18. The molecule has 0 N–H and O–H groups in total. The highest BCUT2D eigenvalue weighted by molar-refractivity contribution is 7.27. The van der Waals surface area contributed by atoms with Crippen LogP contribution in [0.1, 0.15) is 22.3 Å². The normalized spacial score (nSPS) is 13.0. The second-order valence-electron chi connectivity index (χ2n) is 17.5. The molecule has 2 heterocycles. The molecule has 1 aliphatic rings. The molecular weight excluding hydrogens is 819 g/mol. The molecular formula is C63H39NOS. The van der Waals surface area contributed by atoms with E-state index in [1.165, 1.54) is 64.3 Å². The lowest BCUT2D eigenvalue weighted by atomic mass is 9.67. The van der Waals surface area contributed by atoms with E-state index in [0.717, 1.165) is 60.9 Å². The molecule has 0 amide bonds. The fraction of sp³-hybridized carbons (Fsp3) is 0.0159. The van der Waals surface area contributed by atoms with E-state index in [-0.39, 0.29) is 0 Å². The molecule has 0 bridgehead atoms. The molecule has 0 aliphatic heterocycles. The molecule has 0 saturated carbocycles. The molecule has 2 aromatic heterocycles. The van der Waals surface area contributed by atoms with Crippen LogP contribution in [0, 0.1) is 0 Å². The molecule has 308 valence electrons. The van der Waals surface area contributed by atoms with E-state index in [0.29, 0.717) is 0 Å². The van der Waals surface area contributed by atoms with Gasteiger partial charge in [0, 0.05) is 37.2 Å². The molecule has 0 saturated heterocycles. The van der Waals surface area contributed by atoms with Crippen LogP contribution in [-0.4, -0.2) is 0 Å². The molecule has 2 nitrogen and oxygen atoms in total. The van der Waals surface area contributed by atoms with Crippen molar-refractivity contribution in [3.8, 4) is 22.3 Å².